The molecule has 0 radical (unpaired) electrons. The van der Waals surface area contributed by atoms with Crippen LogP contribution in [0.15, 0.2) is 22.5 Å². The molecule has 2 N–H and O–H groups in total. The summed E-state index contributed by atoms with van der Waals surface area (Å²) in [6, 6.07) is 4.68. The highest BCUT2D eigenvalue weighted by atomic mass is 127. The van der Waals surface area contributed by atoms with Crippen LogP contribution in [0.1, 0.15) is 49.9 Å². The molecule has 2 rings (SSSR count). The van der Waals surface area contributed by atoms with Crippen molar-refractivity contribution in [1.29, 1.82) is 0 Å². The quantitative estimate of drug-likeness (QED) is 0.284. The lowest BCUT2D eigenvalue weighted by Gasteiger charge is -2.28. The number of hydrogen-bond donors (Lipinski definition) is 2. The van der Waals surface area contributed by atoms with E-state index in [-0.39, 0.29) is 24.0 Å². The van der Waals surface area contributed by atoms with Crippen LogP contribution in [0.4, 0.5) is 0 Å². The molecule has 1 fully saturated rings. The number of ether oxygens (including phenoxy) is 1. The minimum atomic E-state index is 0. The molecule has 1 aromatic rings. The lowest BCUT2D eigenvalue weighted by molar-refractivity contribution is 0.141. The average molecular weight is 509 g/mol. The van der Waals surface area contributed by atoms with E-state index >= 15 is 0 Å². The number of hydrogen-bond acceptors (Lipinski definition) is 4. The van der Waals surface area contributed by atoms with Crippen LogP contribution in [0.2, 0.25) is 0 Å². The Balaban J connectivity index is 0.00000364. The Bertz CT molecular complexity index is 530. The Labute approximate surface area is 186 Å². The van der Waals surface area contributed by atoms with Crippen LogP contribution in [0.3, 0.4) is 0 Å². The molecule has 1 unspecified atom stereocenters. The summed E-state index contributed by atoms with van der Waals surface area (Å²) in [6.07, 6.45) is 6.31. The molecule has 5 nitrogen and oxygen atoms in total. The maximum atomic E-state index is 5.35. The summed E-state index contributed by atoms with van der Waals surface area (Å²) >= 11 is 1.81. The van der Waals surface area contributed by atoms with Crippen LogP contribution in [-0.4, -0.2) is 58.3 Å². The van der Waals surface area contributed by atoms with Gasteiger partial charge in [-0.3, -0.25) is 4.99 Å². The highest BCUT2D eigenvalue weighted by Crippen LogP contribution is 2.41. The zero-order valence-electron chi connectivity index (χ0n) is 17.3. The molecule has 0 spiro atoms. The molecule has 1 atom stereocenters. The summed E-state index contributed by atoms with van der Waals surface area (Å²) in [7, 11) is 6.06. The maximum Gasteiger partial charge on any atom is 0.191 e. The Hall–Kier alpha value is -0.380. The number of aliphatic imine (C=N–C) groups is 1. The summed E-state index contributed by atoms with van der Waals surface area (Å²) in [5.41, 5.74) is 0.326. The van der Waals surface area contributed by atoms with E-state index in [1.54, 1.807) is 7.11 Å². The molecule has 1 heterocycles. The third-order valence-electron chi connectivity index (χ3n) is 5.38. The van der Waals surface area contributed by atoms with E-state index in [0.717, 1.165) is 38.6 Å². The number of nitrogens with one attached hydrogen (secondary N) is 2. The predicted octanol–water partition coefficient (Wildman–Crippen LogP) is 4.12. The van der Waals surface area contributed by atoms with Gasteiger partial charge in [-0.15, -0.1) is 35.3 Å². The first-order valence-electron chi connectivity index (χ1n) is 9.81. The molecule has 0 aliphatic heterocycles. The first-order valence-corrected chi connectivity index (χ1v) is 10.7. The number of guanidine groups is 1. The molecule has 156 valence electrons. The fourth-order valence-corrected chi connectivity index (χ4v) is 4.65. The Morgan fingerprint density at radius 3 is 2.63 bits per heavy atom. The molecular formula is C20H37IN4OS. The zero-order valence-corrected chi connectivity index (χ0v) is 20.4. The average Bonchev–Trinajstić information content (AvgIpc) is 3.30. The molecular weight excluding hydrogens is 471 g/mol. The highest BCUT2D eigenvalue weighted by Gasteiger charge is 2.33. The van der Waals surface area contributed by atoms with Crippen molar-refractivity contribution in [2.75, 3.05) is 47.4 Å². The first kappa shape index (κ1) is 24.7. The second-order valence-corrected chi connectivity index (χ2v) is 8.50. The van der Waals surface area contributed by atoms with Crippen molar-refractivity contribution in [1.82, 2.24) is 15.5 Å². The number of thiophene rings is 1. The number of nitrogens with zero attached hydrogens (tertiary/aromatic N) is 2. The fraction of sp³-hybridized carbons (Fsp3) is 0.750. The van der Waals surface area contributed by atoms with Gasteiger partial charge in [-0.1, -0.05) is 18.9 Å². The fourth-order valence-electron chi connectivity index (χ4n) is 3.73. The van der Waals surface area contributed by atoms with Gasteiger partial charge in [0, 0.05) is 38.2 Å². The molecule has 7 heteroatoms. The van der Waals surface area contributed by atoms with E-state index in [1.165, 1.54) is 30.6 Å². The molecule has 1 saturated carbocycles. The van der Waals surface area contributed by atoms with E-state index in [2.05, 4.69) is 54.1 Å². The van der Waals surface area contributed by atoms with Gasteiger partial charge in [0.2, 0.25) is 0 Å². The van der Waals surface area contributed by atoms with E-state index < -0.39 is 0 Å². The summed E-state index contributed by atoms with van der Waals surface area (Å²) in [4.78, 5) is 8.60. The van der Waals surface area contributed by atoms with Gasteiger partial charge >= 0.3 is 0 Å². The van der Waals surface area contributed by atoms with Crippen LogP contribution in [0.5, 0.6) is 0 Å². The van der Waals surface area contributed by atoms with Crippen molar-refractivity contribution in [2.24, 2.45) is 10.4 Å². The Morgan fingerprint density at radius 2 is 2.07 bits per heavy atom. The van der Waals surface area contributed by atoms with Gasteiger partial charge in [0.1, 0.15) is 0 Å². The third kappa shape index (κ3) is 7.87. The van der Waals surface area contributed by atoms with Crippen LogP contribution in [0, 0.1) is 5.41 Å². The molecule has 27 heavy (non-hydrogen) atoms. The summed E-state index contributed by atoms with van der Waals surface area (Å²) < 4.78 is 5.35. The van der Waals surface area contributed by atoms with E-state index in [1.807, 2.05) is 11.3 Å². The van der Waals surface area contributed by atoms with Crippen molar-refractivity contribution in [3.63, 3.8) is 0 Å². The second-order valence-electron chi connectivity index (χ2n) is 7.52. The summed E-state index contributed by atoms with van der Waals surface area (Å²) in [5.74, 6) is 0.930. The van der Waals surface area contributed by atoms with Gasteiger partial charge in [0.05, 0.1) is 6.04 Å². The van der Waals surface area contributed by atoms with Gasteiger partial charge in [-0.2, -0.15) is 0 Å². The predicted molar refractivity (Wildman–Crippen MR) is 128 cm³/mol. The summed E-state index contributed by atoms with van der Waals surface area (Å²) in [5, 5.41) is 9.12. The van der Waals surface area contributed by atoms with E-state index in [9.17, 15) is 0 Å². The lowest BCUT2D eigenvalue weighted by Crippen LogP contribution is -2.42. The molecule has 0 amide bonds. The zero-order chi connectivity index (χ0) is 18.8. The smallest absolute Gasteiger partial charge is 0.191 e. The molecule has 0 saturated heterocycles. The molecule has 0 bridgehead atoms. The van der Waals surface area contributed by atoms with Crippen LogP contribution >= 0.6 is 35.3 Å². The minimum Gasteiger partial charge on any atom is -0.385 e. The standard InChI is InChI=1S/C20H36N4OS.HI/c1-5-21-19(22-15-17(24(2)3)18-9-8-14-26-18)23-16-20(12-13-25-4)10-6-7-11-20;/h8-9,14,17H,5-7,10-13,15-16H2,1-4H3,(H2,21,22,23);1H. The van der Waals surface area contributed by atoms with Gasteiger partial charge < -0.3 is 20.3 Å². The minimum absolute atomic E-state index is 0. The van der Waals surface area contributed by atoms with Crippen LogP contribution < -0.4 is 10.6 Å². The largest absolute Gasteiger partial charge is 0.385 e. The number of halogens is 1. The number of methoxy groups -OCH3 is 1. The third-order valence-corrected chi connectivity index (χ3v) is 6.35. The van der Waals surface area contributed by atoms with Gasteiger partial charge in [-0.05, 0) is 57.1 Å². The maximum absolute atomic E-state index is 5.35. The normalized spacial score (nSPS) is 17.6. The van der Waals surface area contributed by atoms with E-state index in [0.29, 0.717) is 11.5 Å². The van der Waals surface area contributed by atoms with Gasteiger partial charge in [0.25, 0.3) is 0 Å². The van der Waals surface area contributed by atoms with Crippen molar-refractivity contribution in [2.45, 2.75) is 45.1 Å². The first-order chi connectivity index (χ1) is 12.6. The van der Waals surface area contributed by atoms with Crippen LogP contribution in [0.25, 0.3) is 0 Å². The molecule has 1 aliphatic rings. The van der Waals surface area contributed by atoms with Crippen molar-refractivity contribution in [3.8, 4) is 0 Å². The molecule has 1 aromatic heterocycles. The van der Waals surface area contributed by atoms with Crippen molar-refractivity contribution in [3.05, 3.63) is 22.4 Å². The van der Waals surface area contributed by atoms with E-state index in [4.69, 9.17) is 9.73 Å². The van der Waals surface area contributed by atoms with Gasteiger partial charge in [0.15, 0.2) is 5.96 Å². The molecule has 0 aromatic carbocycles. The molecule has 1 aliphatic carbocycles. The summed E-state index contributed by atoms with van der Waals surface area (Å²) in [6.45, 7) is 5.57. The second kappa shape index (κ2) is 13.0. The Morgan fingerprint density at radius 1 is 1.33 bits per heavy atom. The SMILES string of the molecule is CCNC(=NCC1(CCOC)CCCC1)NCC(c1cccs1)N(C)C.I. The number of likely N-dealkylation sites (N-methyl/N-ethyl adjacent to an activating group) is 1. The highest BCUT2D eigenvalue weighted by molar-refractivity contribution is 14.0. The van der Waals surface area contributed by atoms with Gasteiger partial charge in [-0.25, -0.2) is 0 Å². The van der Waals surface area contributed by atoms with Crippen molar-refractivity contribution >= 4 is 41.3 Å². The lowest BCUT2D eigenvalue weighted by atomic mass is 9.83. The number of rotatable bonds is 10. The van der Waals surface area contributed by atoms with Crippen LogP contribution in [-0.2, 0) is 4.74 Å². The van der Waals surface area contributed by atoms with Crippen molar-refractivity contribution < 1.29 is 4.74 Å². The Kier molecular flexibility index (Phi) is 11.8. The monoisotopic (exact) mass is 508 g/mol. The topological polar surface area (TPSA) is 48.9 Å².